The first-order valence-corrected chi connectivity index (χ1v) is 5.33. The van der Waals surface area contributed by atoms with E-state index in [-0.39, 0.29) is 35.4 Å². The summed E-state index contributed by atoms with van der Waals surface area (Å²) < 4.78 is 30.6. The van der Waals surface area contributed by atoms with Gasteiger partial charge in [0.15, 0.2) is 0 Å². The van der Waals surface area contributed by atoms with Crippen molar-refractivity contribution in [3.8, 4) is 6.07 Å². The number of nitriles is 1. The van der Waals surface area contributed by atoms with Crippen molar-refractivity contribution >= 4 is 5.97 Å². The van der Waals surface area contributed by atoms with E-state index in [4.69, 9.17) is 10.00 Å². The summed E-state index contributed by atoms with van der Waals surface area (Å²) in [6.07, 6.45) is -1.94. The second kappa shape index (κ2) is 6.05. The summed E-state index contributed by atoms with van der Waals surface area (Å²) in [7, 11) is 0. The molecule has 1 rings (SSSR count). The van der Waals surface area contributed by atoms with Crippen LogP contribution in [0.5, 0.6) is 0 Å². The molecule has 0 aliphatic rings. The molecule has 0 aliphatic heterocycles. The molecule has 0 aromatic carbocycles. The minimum Gasteiger partial charge on any atom is -0.466 e. The number of esters is 1. The summed E-state index contributed by atoms with van der Waals surface area (Å²) in [5.41, 5.74) is -0.271. The molecule has 0 amide bonds. The van der Waals surface area contributed by atoms with Crippen LogP contribution in [0.3, 0.4) is 0 Å². The van der Waals surface area contributed by atoms with Crippen LogP contribution in [0.25, 0.3) is 0 Å². The van der Waals surface area contributed by atoms with Gasteiger partial charge in [-0.15, -0.1) is 0 Å². The molecule has 0 saturated carbocycles. The number of nitrogens with zero attached hydrogens (tertiary/aromatic N) is 2. The van der Waals surface area contributed by atoms with Gasteiger partial charge < -0.3 is 4.74 Å². The molecule has 18 heavy (non-hydrogen) atoms. The van der Waals surface area contributed by atoms with E-state index in [9.17, 15) is 13.6 Å². The number of hydrogen-bond donors (Lipinski definition) is 0. The Labute approximate surface area is 103 Å². The number of alkyl halides is 2. The first-order valence-electron chi connectivity index (χ1n) is 5.33. The van der Waals surface area contributed by atoms with E-state index in [1.807, 2.05) is 0 Å². The average molecular weight is 254 g/mol. The lowest BCUT2D eigenvalue weighted by atomic mass is 9.99. The molecule has 1 aromatic rings. The zero-order valence-corrected chi connectivity index (χ0v) is 10.0. The van der Waals surface area contributed by atoms with Gasteiger partial charge >= 0.3 is 5.97 Å². The Morgan fingerprint density at radius 2 is 2.28 bits per heavy atom. The van der Waals surface area contributed by atoms with Crippen molar-refractivity contribution < 1.29 is 18.3 Å². The second-order valence-electron chi connectivity index (χ2n) is 3.54. The van der Waals surface area contributed by atoms with Crippen LogP contribution < -0.4 is 0 Å². The van der Waals surface area contributed by atoms with Crippen LogP contribution >= 0.6 is 0 Å². The Kier molecular flexibility index (Phi) is 4.72. The van der Waals surface area contributed by atoms with E-state index in [1.54, 1.807) is 13.0 Å². The molecule has 0 spiro atoms. The molecule has 0 aliphatic carbocycles. The number of aromatic nitrogens is 1. The molecule has 0 radical (unpaired) electrons. The normalized spacial score (nSPS) is 10.2. The van der Waals surface area contributed by atoms with Crippen LogP contribution in [0.2, 0.25) is 0 Å². The first-order chi connectivity index (χ1) is 8.51. The van der Waals surface area contributed by atoms with Crippen molar-refractivity contribution in [1.29, 1.82) is 5.26 Å². The number of ether oxygens (including phenoxy) is 1. The van der Waals surface area contributed by atoms with Gasteiger partial charge in [-0.25, -0.2) is 8.78 Å². The maximum absolute atomic E-state index is 12.9. The molecule has 0 saturated heterocycles. The smallest absolute Gasteiger partial charge is 0.310 e. The number of halogens is 2. The SMILES string of the molecule is CCOC(=O)Cc1c(C#N)cnc(C)c1C(F)F. The zero-order chi connectivity index (χ0) is 13.7. The molecule has 96 valence electrons. The molecule has 0 fully saturated rings. The van der Waals surface area contributed by atoms with Gasteiger partial charge in [-0.05, 0) is 19.4 Å². The minimum atomic E-state index is -2.78. The molecule has 0 bridgehead atoms. The number of aryl methyl sites for hydroxylation is 1. The molecule has 6 heteroatoms. The molecule has 0 N–H and O–H groups in total. The number of pyridine rings is 1. The fourth-order valence-electron chi connectivity index (χ4n) is 1.61. The van der Waals surface area contributed by atoms with E-state index >= 15 is 0 Å². The van der Waals surface area contributed by atoms with Crippen LogP contribution in [0.15, 0.2) is 6.20 Å². The van der Waals surface area contributed by atoms with Crippen molar-refractivity contribution in [3.63, 3.8) is 0 Å². The third-order valence-electron chi connectivity index (χ3n) is 2.39. The van der Waals surface area contributed by atoms with E-state index in [0.717, 1.165) is 0 Å². The third kappa shape index (κ3) is 3.00. The Balaban J connectivity index is 3.25. The third-order valence-corrected chi connectivity index (χ3v) is 2.39. The standard InChI is InChI=1S/C12H12F2N2O2/c1-3-18-10(17)4-9-8(5-15)6-16-7(2)11(9)12(13)14/h6,12H,3-4H2,1-2H3. The highest BCUT2D eigenvalue weighted by atomic mass is 19.3. The molecule has 1 heterocycles. The summed E-state index contributed by atoms with van der Waals surface area (Å²) in [5, 5.41) is 8.87. The Hall–Kier alpha value is -2.03. The lowest BCUT2D eigenvalue weighted by molar-refractivity contribution is -0.142. The van der Waals surface area contributed by atoms with Gasteiger partial charge in [-0.1, -0.05) is 0 Å². The van der Waals surface area contributed by atoms with Gasteiger partial charge in [0.25, 0.3) is 6.43 Å². The summed E-state index contributed by atoms with van der Waals surface area (Å²) >= 11 is 0. The van der Waals surface area contributed by atoms with Crippen LogP contribution in [0.4, 0.5) is 8.78 Å². The van der Waals surface area contributed by atoms with Crippen LogP contribution in [0, 0.1) is 18.3 Å². The van der Waals surface area contributed by atoms with E-state index in [1.165, 1.54) is 13.1 Å². The number of carbonyl (C=O) groups excluding carboxylic acids is 1. The van der Waals surface area contributed by atoms with Gasteiger partial charge in [0, 0.05) is 17.5 Å². The monoisotopic (exact) mass is 254 g/mol. The topological polar surface area (TPSA) is 63.0 Å². The highest BCUT2D eigenvalue weighted by Gasteiger charge is 2.22. The first kappa shape index (κ1) is 14.0. The van der Waals surface area contributed by atoms with Crippen molar-refractivity contribution in [2.75, 3.05) is 6.61 Å². The highest BCUT2D eigenvalue weighted by Crippen LogP contribution is 2.28. The molecule has 0 unspecified atom stereocenters. The van der Waals surface area contributed by atoms with Gasteiger partial charge in [-0.2, -0.15) is 5.26 Å². The maximum Gasteiger partial charge on any atom is 0.310 e. The summed E-state index contributed by atoms with van der Waals surface area (Å²) in [6.45, 7) is 3.20. The Morgan fingerprint density at radius 1 is 1.61 bits per heavy atom. The van der Waals surface area contributed by atoms with E-state index in [0.29, 0.717) is 0 Å². The van der Waals surface area contributed by atoms with Gasteiger partial charge in [0.2, 0.25) is 0 Å². The predicted octanol–water partition coefficient (Wildman–Crippen LogP) is 2.30. The van der Waals surface area contributed by atoms with Crippen LogP contribution in [0.1, 0.15) is 35.7 Å². The van der Waals surface area contributed by atoms with Crippen molar-refractivity contribution in [2.45, 2.75) is 26.7 Å². The summed E-state index contributed by atoms with van der Waals surface area (Å²) in [5.74, 6) is -0.638. The van der Waals surface area contributed by atoms with Crippen molar-refractivity contribution in [3.05, 3.63) is 28.6 Å². The van der Waals surface area contributed by atoms with Crippen molar-refractivity contribution in [2.24, 2.45) is 0 Å². The van der Waals surface area contributed by atoms with Gasteiger partial charge in [0.05, 0.1) is 18.6 Å². The van der Waals surface area contributed by atoms with Crippen molar-refractivity contribution in [1.82, 2.24) is 4.98 Å². The fourth-order valence-corrected chi connectivity index (χ4v) is 1.61. The predicted molar refractivity (Wildman–Crippen MR) is 59.0 cm³/mol. The Morgan fingerprint density at radius 3 is 2.78 bits per heavy atom. The molecular weight excluding hydrogens is 242 g/mol. The number of rotatable bonds is 4. The van der Waals surface area contributed by atoms with Gasteiger partial charge in [0.1, 0.15) is 6.07 Å². The molecule has 4 nitrogen and oxygen atoms in total. The van der Waals surface area contributed by atoms with E-state index < -0.39 is 12.4 Å². The molecule has 0 atom stereocenters. The highest BCUT2D eigenvalue weighted by molar-refractivity contribution is 5.74. The molecular formula is C12H12F2N2O2. The van der Waals surface area contributed by atoms with Crippen LogP contribution in [-0.4, -0.2) is 17.6 Å². The second-order valence-corrected chi connectivity index (χ2v) is 3.54. The largest absolute Gasteiger partial charge is 0.466 e. The average Bonchev–Trinajstić information content (AvgIpc) is 2.29. The number of hydrogen-bond acceptors (Lipinski definition) is 4. The zero-order valence-electron chi connectivity index (χ0n) is 10.0. The van der Waals surface area contributed by atoms with E-state index in [2.05, 4.69) is 4.98 Å². The summed E-state index contributed by atoms with van der Waals surface area (Å²) in [4.78, 5) is 15.1. The quantitative estimate of drug-likeness (QED) is 0.773. The summed E-state index contributed by atoms with van der Waals surface area (Å²) in [6, 6.07) is 1.76. The number of carbonyl (C=O) groups is 1. The fraction of sp³-hybridized carbons (Fsp3) is 0.417. The maximum atomic E-state index is 12.9. The lowest BCUT2D eigenvalue weighted by Crippen LogP contribution is -2.12. The molecule has 1 aromatic heterocycles. The Bertz CT molecular complexity index is 496. The lowest BCUT2D eigenvalue weighted by Gasteiger charge is -2.12. The van der Waals surface area contributed by atoms with Crippen LogP contribution in [-0.2, 0) is 16.0 Å². The minimum absolute atomic E-state index is 0.00144. The van der Waals surface area contributed by atoms with Gasteiger partial charge in [-0.3, -0.25) is 9.78 Å².